The van der Waals surface area contributed by atoms with Crippen molar-refractivity contribution in [2.45, 2.75) is 20.8 Å². The summed E-state index contributed by atoms with van der Waals surface area (Å²) in [5, 5.41) is 8.10. The van der Waals surface area contributed by atoms with E-state index < -0.39 is 0 Å². The Hall–Kier alpha value is -3.41. The van der Waals surface area contributed by atoms with Crippen LogP contribution in [0.3, 0.4) is 0 Å². The largest absolute Gasteiger partial charge is 0.372 e. The lowest BCUT2D eigenvalue weighted by Crippen LogP contribution is -2.21. The van der Waals surface area contributed by atoms with Crippen LogP contribution in [-0.4, -0.2) is 30.4 Å². The first-order valence-corrected chi connectivity index (χ1v) is 9.34. The van der Waals surface area contributed by atoms with Crippen LogP contribution in [0.2, 0.25) is 0 Å². The zero-order chi connectivity index (χ0) is 19.9. The first-order valence-electron chi connectivity index (χ1n) is 9.34. The van der Waals surface area contributed by atoms with Crippen molar-refractivity contribution in [2.24, 2.45) is 5.10 Å². The van der Waals surface area contributed by atoms with E-state index in [0.717, 1.165) is 24.2 Å². The number of anilines is 1. The number of carbonyl (C=O) groups excluding carboxylic acids is 1. The standard InChI is InChI=1S/C22H24N4O2/c1-4-26(5-2)19-13-11-17(12-14-19)15-23-24-22(27)20-16(3)28-25-21(20)18-9-7-6-8-10-18/h6-15H,4-5H2,1-3H3,(H,24,27)/b23-15+. The fraction of sp³-hybridized carbons (Fsp3) is 0.227. The molecule has 2 aromatic carbocycles. The van der Waals surface area contributed by atoms with Crippen LogP contribution in [0.25, 0.3) is 11.3 Å². The monoisotopic (exact) mass is 376 g/mol. The van der Waals surface area contributed by atoms with Crippen molar-refractivity contribution in [3.05, 3.63) is 71.5 Å². The van der Waals surface area contributed by atoms with E-state index in [1.807, 2.05) is 54.6 Å². The van der Waals surface area contributed by atoms with Crippen molar-refractivity contribution in [3.63, 3.8) is 0 Å². The van der Waals surface area contributed by atoms with Gasteiger partial charge in [0.2, 0.25) is 0 Å². The molecule has 0 spiro atoms. The minimum atomic E-state index is -0.353. The highest BCUT2D eigenvalue weighted by atomic mass is 16.5. The van der Waals surface area contributed by atoms with Crippen LogP contribution in [0.15, 0.2) is 64.2 Å². The summed E-state index contributed by atoms with van der Waals surface area (Å²) in [5.41, 5.74) is 6.35. The number of carbonyl (C=O) groups is 1. The lowest BCUT2D eigenvalue weighted by molar-refractivity contribution is 0.0954. The highest BCUT2D eigenvalue weighted by molar-refractivity contribution is 6.01. The number of hydrazone groups is 1. The Labute approximate surface area is 164 Å². The maximum atomic E-state index is 12.6. The molecule has 0 fully saturated rings. The van der Waals surface area contributed by atoms with Crippen molar-refractivity contribution in [1.29, 1.82) is 0 Å². The Morgan fingerprint density at radius 3 is 2.43 bits per heavy atom. The average Bonchev–Trinajstić information content (AvgIpc) is 3.12. The fourth-order valence-electron chi connectivity index (χ4n) is 3.01. The van der Waals surface area contributed by atoms with Crippen molar-refractivity contribution < 1.29 is 9.32 Å². The normalized spacial score (nSPS) is 11.0. The zero-order valence-electron chi connectivity index (χ0n) is 16.3. The van der Waals surface area contributed by atoms with E-state index in [1.54, 1.807) is 13.1 Å². The van der Waals surface area contributed by atoms with Gasteiger partial charge in [-0.25, -0.2) is 5.43 Å². The van der Waals surface area contributed by atoms with Gasteiger partial charge in [-0.05, 0) is 38.5 Å². The number of aryl methyl sites for hydroxylation is 1. The Kier molecular flexibility index (Phi) is 6.22. The molecule has 0 aliphatic heterocycles. The highest BCUT2D eigenvalue weighted by Gasteiger charge is 2.21. The van der Waals surface area contributed by atoms with Crippen molar-refractivity contribution >= 4 is 17.8 Å². The SMILES string of the molecule is CCN(CC)c1ccc(/C=N/NC(=O)c2c(-c3ccccc3)noc2C)cc1. The molecule has 144 valence electrons. The molecule has 0 saturated carbocycles. The van der Waals surface area contributed by atoms with Crippen LogP contribution < -0.4 is 10.3 Å². The van der Waals surface area contributed by atoms with Gasteiger partial charge >= 0.3 is 0 Å². The summed E-state index contributed by atoms with van der Waals surface area (Å²) in [6, 6.07) is 17.5. The molecule has 1 aromatic heterocycles. The first kappa shape index (κ1) is 19.4. The van der Waals surface area contributed by atoms with E-state index in [2.05, 4.69) is 34.4 Å². The zero-order valence-corrected chi connectivity index (χ0v) is 16.3. The molecule has 0 aliphatic rings. The summed E-state index contributed by atoms with van der Waals surface area (Å²) >= 11 is 0. The molecule has 6 heteroatoms. The summed E-state index contributed by atoms with van der Waals surface area (Å²) in [4.78, 5) is 14.9. The van der Waals surface area contributed by atoms with Crippen LogP contribution in [0.1, 0.15) is 35.5 Å². The number of nitrogens with zero attached hydrogens (tertiary/aromatic N) is 3. The second kappa shape index (κ2) is 8.99. The number of nitrogens with one attached hydrogen (secondary N) is 1. The lowest BCUT2D eigenvalue weighted by atomic mass is 10.1. The van der Waals surface area contributed by atoms with Gasteiger partial charge in [0.05, 0.1) is 6.21 Å². The molecular formula is C22H24N4O2. The second-order valence-corrected chi connectivity index (χ2v) is 6.29. The van der Waals surface area contributed by atoms with Gasteiger partial charge in [0, 0.05) is 24.3 Å². The third kappa shape index (κ3) is 4.28. The molecule has 0 saturated heterocycles. The van der Waals surface area contributed by atoms with Gasteiger partial charge in [0.1, 0.15) is 17.0 Å². The van der Waals surface area contributed by atoms with Crippen LogP contribution in [-0.2, 0) is 0 Å². The molecule has 0 radical (unpaired) electrons. The number of hydrogen-bond donors (Lipinski definition) is 1. The molecule has 3 aromatic rings. The summed E-state index contributed by atoms with van der Waals surface area (Å²) in [5.74, 6) is 0.101. The topological polar surface area (TPSA) is 70.7 Å². The second-order valence-electron chi connectivity index (χ2n) is 6.29. The van der Waals surface area contributed by atoms with Crippen molar-refractivity contribution in [1.82, 2.24) is 10.6 Å². The molecule has 0 bridgehead atoms. The number of benzene rings is 2. The summed E-state index contributed by atoms with van der Waals surface area (Å²) < 4.78 is 5.23. The first-order chi connectivity index (χ1) is 13.6. The van der Waals surface area contributed by atoms with Crippen LogP contribution in [0, 0.1) is 6.92 Å². The minimum Gasteiger partial charge on any atom is -0.372 e. The molecule has 1 heterocycles. The van der Waals surface area contributed by atoms with E-state index in [-0.39, 0.29) is 5.91 Å². The fourth-order valence-corrected chi connectivity index (χ4v) is 3.01. The lowest BCUT2D eigenvalue weighted by Gasteiger charge is -2.20. The smallest absolute Gasteiger partial charge is 0.277 e. The summed E-state index contributed by atoms with van der Waals surface area (Å²) in [6.45, 7) is 7.89. The molecule has 1 amide bonds. The van der Waals surface area contributed by atoms with Gasteiger partial charge in [-0.15, -0.1) is 0 Å². The molecule has 1 N–H and O–H groups in total. The van der Waals surface area contributed by atoms with E-state index in [9.17, 15) is 4.79 Å². The van der Waals surface area contributed by atoms with E-state index in [1.165, 1.54) is 5.69 Å². The Balaban J connectivity index is 1.70. The summed E-state index contributed by atoms with van der Waals surface area (Å²) in [6.07, 6.45) is 1.62. The molecule has 6 nitrogen and oxygen atoms in total. The molecule has 0 aliphatic carbocycles. The number of hydrogen-bond acceptors (Lipinski definition) is 5. The number of amides is 1. The van der Waals surface area contributed by atoms with Gasteiger partial charge in [-0.3, -0.25) is 4.79 Å². The van der Waals surface area contributed by atoms with Gasteiger partial charge < -0.3 is 9.42 Å². The molecule has 28 heavy (non-hydrogen) atoms. The Bertz CT molecular complexity index is 942. The van der Waals surface area contributed by atoms with E-state index in [0.29, 0.717) is 17.0 Å². The van der Waals surface area contributed by atoms with Gasteiger partial charge in [0.15, 0.2) is 0 Å². The average molecular weight is 376 g/mol. The van der Waals surface area contributed by atoms with Crippen LogP contribution in [0.4, 0.5) is 5.69 Å². The number of aromatic nitrogens is 1. The molecule has 0 unspecified atom stereocenters. The van der Waals surface area contributed by atoms with Gasteiger partial charge in [-0.1, -0.05) is 47.6 Å². The van der Waals surface area contributed by atoms with Gasteiger partial charge in [0.25, 0.3) is 5.91 Å². The van der Waals surface area contributed by atoms with Crippen LogP contribution in [0.5, 0.6) is 0 Å². The molecule has 3 rings (SSSR count). The molecular weight excluding hydrogens is 352 g/mol. The quantitative estimate of drug-likeness (QED) is 0.494. The third-order valence-corrected chi connectivity index (χ3v) is 4.54. The maximum Gasteiger partial charge on any atom is 0.277 e. The third-order valence-electron chi connectivity index (χ3n) is 4.54. The number of rotatable bonds is 7. The summed E-state index contributed by atoms with van der Waals surface area (Å²) in [7, 11) is 0. The predicted octanol–water partition coefficient (Wildman–Crippen LogP) is 4.26. The van der Waals surface area contributed by atoms with Crippen LogP contribution >= 0.6 is 0 Å². The highest BCUT2D eigenvalue weighted by Crippen LogP contribution is 2.24. The van der Waals surface area contributed by atoms with Crippen molar-refractivity contribution in [3.8, 4) is 11.3 Å². The van der Waals surface area contributed by atoms with E-state index >= 15 is 0 Å². The Morgan fingerprint density at radius 2 is 1.79 bits per heavy atom. The van der Waals surface area contributed by atoms with Crippen molar-refractivity contribution in [2.75, 3.05) is 18.0 Å². The molecule has 0 atom stereocenters. The van der Waals surface area contributed by atoms with Gasteiger partial charge in [-0.2, -0.15) is 5.10 Å². The Morgan fingerprint density at radius 1 is 1.11 bits per heavy atom. The predicted molar refractivity (Wildman–Crippen MR) is 112 cm³/mol. The minimum absolute atomic E-state index is 0.353. The van der Waals surface area contributed by atoms with E-state index in [4.69, 9.17) is 4.52 Å². The maximum absolute atomic E-state index is 12.6.